The van der Waals surface area contributed by atoms with Crippen molar-refractivity contribution < 1.29 is 24.3 Å². The van der Waals surface area contributed by atoms with Gasteiger partial charge < -0.3 is 49.7 Å². The fraction of sp³-hybridized carbons (Fsp3) is 0.478. The van der Waals surface area contributed by atoms with Gasteiger partial charge in [-0.2, -0.15) is 0 Å². The van der Waals surface area contributed by atoms with E-state index in [9.17, 15) is 19.2 Å². The number of guanidine groups is 2. The minimum atomic E-state index is -1.24. The maximum absolute atomic E-state index is 13.3. The molecule has 0 aliphatic heterocycles. The molecule has 14 N–H and O–H groups in total. The lowest BCUT2D eigenvalue weighted by molar-refractivity contribution is -0.138. The maximum atomic E-state index is 13.3. The van der Waals surface area contributed by atoms with E-state index < -0.39 is 48.4 Å². The van der Waals surface area contributed by atoms with Crippen LogP contribution < -0.4 is 44.6 Å². The van der Waals surface area contributed by atoms with Gasteiger partial charge in [0.2, 0.25) is 17.7 Å². The summed E-state index contributed by atoms with van der Waals surface area (Å²) in [5.41, 5.74) is 27.9. The monoisotopic (exact) mass is 534 g/mol. The molecular formula is C23H38N10O5. The third kappa shape index (κ3) is 13.6. The molecule has 0 aliphatic carbocycles. The van der Waals surface area contributed by atoms with Crippen molar-refractivity contribution in [1.29, 1.82) is 0 Å². The van der Waals surface area contributed by atoms with Gasteiger partial charge in [0.05, 0.1) is 6.04 Å². The first-order chi connectivity index (χ1) is 18.0. The van der Waals surface area contributed by atoms with Crippen LogP contribution >= 0.6 is 0 Å². The van der Waals surface area contributed by atoms with Crippen LogP contribution in [0.1, 0.15) is 31.2 Å². The Labute approximate surface area is 220 Å². The molecule has 0 heterocycles. The number of aliphatic carboxylic acids is 1. The second-order valence-electron chi connectivity index (χ2n) is 8.43. The van der Waals surface area contributed by atoms with Crippen molar-refractivity contribution in [3.63, 3.8) is 0 Å². The SMILES string of the molecule is NC(N)=NCCCC(N)C(=O)NC(Cc1ccccc1)C(=O)NC(CCCN=C(N)N)C(=O)NCC(=O)O. The summed E-state index contributed by atoms with van der Waals surface area (Å²) in [6, 6.07) is 5.86. The summed E-state index contributed by atoms with van der Waals surface area (Å²) < 4.78 is 0. The molecule has 0 aliphatic rings. The molecular weight excluding hydrogens is 496 g/mol. The van der Waals surface area contributed by atoms with E-state index in [0.717, 1.165) is 5.56 Å². The molecule has 15 heteroatoms. The summed E-state index contributed by atoms with van der Waals surface area (Å²) in [6.07, 6.45) is 1.28. The molecule has 0 aromatic heterocycles. The Morgan fingerprint density at radius 1 is 0.789 bits per heavy atom. The van der Waals surface area contributed by atoms with Crippen molar-refractivity contribution in [3.05, 3.63) is 35.9 Å². The number of hydrogen-bond donors (Lipinski definition) is 9. The number of nitrogens with one attached hydrogen (secondary N) is 3. The zero-order chi connectivity index (χ0) is 28.5. The van der Waals surface area contributed by atoms with Gasteiger partial charge in [-0.3, -0.25) is 29.2 Å². The zero-order valence-electron chi connectivity index (χ0n) is 21.1. The van der Waals surface area contributed by atoms with Crippen LogP contribution in [0.2, 0.25) is 0 Å². The normalized spacial score (nSPS) is 12.8. The molecule has 0 saturated heterocycles. The lowest BCUT2D eigenvalue weighted by Gasteiger charge is -2.24. The van der Waals surface area contributed by atoms with Gasteiger partial charge in [0.15, 0.2) is 11.9 Å². The number of carboxylic acids is 1. The van der Waals surface area contributed by atoms with Gasteiger partial charge in [0.1, 0.15) is 18.6 Å². The number of nitrogens with two attached hydrogens (primary N) is 5. The van der Waals surface area contributed by atoms with Gasteiger partial charge in [-0.25, -0.2) is 0 Å². The predicted octanol–water partition coefficient (Wildman–Crippen LogP) is -3.17. The Morgan fingerprint density at radius 2 is 1.34 bits per heavy atom. The molecule has 15 nitrogen and oxygen atoms in total. The number of amides is 3. The van der Waals surface area contributed by atoms with Gasteiger partial charge >= 0.3 is 5.97 Å². The Kier molecular flexibility index (Phi) is 14.3. The largest absolute Gasteiger partial charge is 0.480 e. The number of benzene rings is 1. The van der Waals surface area contributed by atoms with Gasteiger partial charge in [-0.1, -0.05) is 30.3 Å². The van der Waals surface area contributed by atoms with Crippen LogP contribution in [0.15, 0.2) is 40.3 Å². The first-order valence-corrected chi connectivity index (χ1v) is 12.0. The molecule has 0 fully saturated rings. The number of aliphatic imine (C=N–C) groups is 2. The molecule has 0 saturated carbocycles. The third-order valence-electron chi connectivity index (χ3n) is 5.21. The molecule has 3 unspecified atom stereocenters. The fourth-order valence-corrected chi connectivity index (χ4v) is 3.32. The molecule has 0 bridgehead atoms. The molecule has 1 rings (SSSR count). The highest BCUT2D eigenvalue weighted by molar-refractivity contribution is 5.93. The minimum absolute atomic E-state index is 0.0668. The second-order valence-corrected chi connectivity index (χ2v) is 8.43. The first kappa shape index (κ1) is 31.6. The predicted molar refractivity (Wildman–Crippen MR) is 142 cm³/mol. The van der Waals surface area contributed by atoms with Gasteiger partial charge in [0.25, 0.3) is 0 Å². The topological polar surface area (TPSA) is 279 Å². The first-order valence-electron chi connectivity index (χ1n) is 12.0. The maximum Gasteiger partial charge on any atom is 0.322 e. The van der Waals surface area contributed by atoms with Crippen LogP contribution in [0.25, 0.3) is 0 Å². The Morgan fingerprint density at radius 3 is 1.89 bits per heavy atom. The summed E-state index contributed by atoms with van der Waals surface area (Å²) in [5, 5.41) is 16.4. The molecule has 0 spiro atoms. The summed E-state index contributed by atoms with van der Waals surface area (Å²) in [4.78, 5) is 57.2. The van der Waals surface area contributed by atoms with Crippen molar-refractivity contribution in [2.45, 2.75) is 50.2 Å². The number of carbonyl (C=O) groups is 4. The number of carboxylic acid groups (broad SMARTS) is 1. The van der Waals surface area contributed by atoms with Crippen LogP contribution in [0.5, 0.6) is 0 Å². The highest BCUT2D eigenvalue weighted by atomic mass is 16.4. The van der Waals surface area contributed by atoms with Crippen LogP contribution in [0.4, 0.5) is 0 Å². The van der Waals surface area contributed by atoms with E-state index in [2.05, 4.69) is 25.9 Å². The molecule has 1 aromatic rings. The van der Waals surface area contributed by atoms with Gasteiger partial charge in [-0.15, -0.1) is 0 Å². The Hall–Kier alpha value is -4.40. The van der Waals surface area contributed by atoms with Gasteiger partial charge in [-0.05, 0) is 31.2 Å². The fourth-order valence-electron chi connectivity index (χ4n) is 3.32. The van der Waals surface area contributed by atoms with Crippen LogP contribution in [0, 0.1) is 0 Å². The highest BCUT2D eigenvalue weighted by Crippen LogP contribution is 2.07. The average Bonchev–Trinajstić information content (AvgIpc) is 2.86. The molecule has 38 heavy (non-hydrogen) atoms. The molecule has 3 amide bonds. The Bertz CT molecular complexity index is 978. The number of carbonyl (C=O) groups excluding carboxylic acids is 3. The van der Waals surface area contributed by atoms with Gasteiger partial charge in [0, 0.05) is 19.5 Å². The van der Waals surface area contributed by atoms with Crippen molar-refractivity contribution in [2.75, 3.05) is 19.6 Å². The van der Waals surface area contributed by atoms with Crippen LogP contribution in [-0.2, 0) is 25.6 Å². The standard InChI is InChI=1S/C23H38N10O5/c24-15(8-4-10-29-22(25)26)19(36)33-17(12-14-6-2-1-3-7-14)21(38)32-16(9-5-11-30-23(27)28)20(37)31-13-18(34)35/h1-3,6-7,15-17H,4-5,8-13,24H2,(H,31,37)(H,32,38)(H,33,36)(H,34,35)(H4,25,26,29)(H4,27,28,30). The Balaban J connectivity index is 2.98. The van der Waals surface area contributed by atoms with E-state index in [1.54, 1.807) is 24.3 Å². The molecule has 3 atom stereocenters. The average molecular weight is 535 g/mol. The van der Waals surface area contributed by atoms with E-state index in [1.807, 2.05) is 6.07 Å². The van der Waals surface area contributed by atoms with E-state index in [1.165, 1.54) is 0 Å². The molecule has 210 valence electrons. The van der Waals surface area contributed by atoms with E-state index in [4.69, 9.17) is 33.8 Å². The zero-order valence-corrected chi connectivity index (χ0v) is 21.1. The minimum Gasteiger partial charge on any atom is -0.480 e. The summed E-state index contributed by atoms with van der Waals surface area (Å²) in [6.45, 7) is -0.137. The van der Waals surface area contributed by atoms with E-state index in [-0.39, 0.29) is 37.7 Å². The summed E-state index contributed by atoms with van der Waals surface area (Å²) in [7, 11) is 0. The smallest absolute Gasteiger partial charge is 0.322 e. The second kappa shape index (κ2) is 17.1. The lowest BCUT2D eigenvalue weighted by Crippen LogP contribution is -2.56. The quantitative estimate of drug-likeness (QED) is 0.0549. The van der Waals surface area contributed by atoms with E-state index in [0.29, 0.717) is 19.4 Å². The van der Waals surface area contributed by atoms with Crippen molar-refractivity contribution in [1.82, 2.24) is 16.0 Å². The van der Waals surface area contributed by atoms with Crippen LogP contribution in [-0.4, -0.2) is 78.5 Å². The lowest BCUT2D eigenvalue weighted by atomic mass is 10.0. The van der Waals surface area contributed by atoms with Crippen molar-refractivity contribution >= 4 is 35.6 Å². The van der Waals surface area contributed by atoms with Crippen LogP contribution in [0.3, 0.4) is 0 Å². The third-order valence-corrected chi connectivity index (χ3v) is 5.21. The number of hydrogen-bond acceptors (Lipinski definition) is 7. The molecule has 1 aromatic carbocycles. The number of rotatable bonds is 17. The molecule has 0 radical (unpaired) electrons. The summed E-state index contributed by atoms with van der Waals surface area (Å²) >= 11 is 0. The van der Waals surface area contributed by atoms with Crippen molar-refractivity contribution in [3.8, 4) is 0 Å². The van der Waals surface area contributed by atoms with Crippen molar-refractivity contribution in [2.24, 2.45) is 38.7 Å². The number of nitrogens with zero attached hydrogens (tertiary/aromatic N) is 2. The van der Waals surface area contributed by atoms with E-state index >= 15 is 0 Å². The highest BCUT2D eigenvalue weighted by Gasteiger charge is 2.28. The summed E-state index contributed by atoms with van der Waals surface area (Å²) in [5.74, 6) is -3.35.